The molecule has 9 heteroatoms. The van der Waals surface area contributed by atoms with E-state index in [1.165, 1.54) is 46.2 Å². The van der Waals surface area contributed by atoms with Crippen LogP contribution in [0.3, 0.4) is 0 Å². The van der Waals surface area contributed by atoms with Crippen molar-refractivity contribution in [2.24, 2.45) is 0 Å². The number of carbonyl (C=O) groups is 1. The first-order chi connectivity index (χ1) is 12.3. The van der Waals surface area contributed by atoms with Crippen molar-refractivity contribution in [3.8, 4) is 0 Å². The summed E-state index contributed by atoms with van der Waals surface area (Å²) < 4.78 is 41.3. The van der Waals surface area contributed by atoms with Gasteiger partial charge in [-0.2, -0.15) is 16.5 Å². The summed E-state index contributed by atoms with van der Waals surface area (Å²) in [6.07, 6.45) is 2.20. The lowest BCUT2D eigenvalue weighted by Crippen LogP contribution is -2.47. The van der Waals surface area contributed by atoms with Crippen molar-refractivity contribution in [3.63, 3.8) is 0 Å². The summed E-state index contributed by atoms with van der Waals surface area (Å²) in [6, 6.07) is 7.98. The number of likely N-dealkylation sites (N-methyl/N-ethyl adjacent to an activating group) is 1. The Hall–Kier alpha value is -1.42. The minimum atomic E-state index is -4.14. The van der Waals surface area contributed by atoms with Crippen LogP contribution in [-0.2, 0) is 21.4 Å². The predicted octanol–water partition coefficient (Wildman–Crippen LogP) is 2.95. The van der Waals surface area contributed by atoms with E-state index < -0.39 is 26.8 Å². The van der Waals surface area contributed by atoms with Crippen LogP contribution in [0.25, 0.3) is 0 Å². The number of rotatable bonds is 9. The number of carbonyl (C=O) groups excluding carboxylic acids is 1. The third-order valence-electron chi connectivity index (χ3n) is 3.68. The third kappa shape index (κ3) is 5.54. The van der Waals surface area contributed by atoms with Crippen molar-refractivity contribution in [1.82, 2.24) is 9.62 Å². The van der Waals surface area contributed by atoms with Crippen LogP contribution in [0.5, 0.6) is 0 Å². The number of sulfonamides is 1. The molecule has 0 spiro atoms. The molecule has 1 N–H and O–H groups in total. The zero-order chi connectivity index (χ0) is 19.2. The van der Waals surface area contributed by atoms with Gasteiger partial charge in [0.15, 0.2) is 0 Å². The third-order valence-corrected chi connectivity index (χ3v) is 6.69. The van der Waals surface area contributed by atoms with Gasteiger partial charge in [-0.05, 0) is 42.0 Å². The van der Waals surface area contributed by atoms with Crippen LogP contribution >= 0.6 is 23.1 Å². The van der Waals surface area contributed by atoms with Crippen LogP contribution in [0.4, 0.5) is 4.39 Å². The highest BCUT2D eigenvalue weighted by atomic mass is 32.2. The Bertz CT molecular complexity index is 826. The zero-order valence-corrected chi connectivity index (χ0v) is 17.0. The van der Waals surface area contributed by atoms with Gasteiger partial charge in [0, 0.05) is 11.9 Å². The molecule has 0 fully saturated rings. The zero-order valence-electron chi connectivity index (χ0n) is 14.5. The van der Waals surface area contributed by atoms with Crippen molar-refractivity contribution in [2.75, 3.05) is 19.1 Å². The summed E-state index contributed by atoms with van der Waals surface area (Å²) in [5.74, 6) is -0.585. The van der Waals surface area contributed by atoms with Crippen LogP contribution in [0.2, 0.25) is 0 Å². The standard InChI is InChI=1S/C17H21FN2O3S3/c1-20(12-13-6-5-10-25-13)17(21)15(9-11-24-2)19-26(22,23)16-8-4-3-7-14(16)18/h3-8,10,15,19H,9,11-12H2,1-2H3. The predicted molar refractivity (Wildman–Crippen MR) is 104 cm³/mol. The summed E-state index contributed by atoms with van der Waals surface area (Å²) in [6.45, 7) is 0.397. The van der Waals surface area contributed by atoms with Gasteiger partial charge in [0.05, 0.1) is 6.54 Å². The second-order valence-corrected chi connectivity index (χ2v) is 9.36. The molecular formula is C17H21FN2O3S3. The van der Waals surface area contributed by atoms with Gasteiger partial charge in [-0.15, -0.1) is 11.3 Å². The molecule has 0 aliphatic heterocycles. The van der Waals surface area contributed by atoms with E-state index in [4.69, 9.17) is 0 Å². The molecule has 1 amide bonds. The lowest BCUT2D eigenvalue weighted by molar-refractivity contribution is -0.132. The lowest BCUT2D eigenvalue weighted by atomic mass is 10.2. The fourth-order valence-corrected chi connectivity index (χ4v) is 4.89. The molecule has 0 saturated heterocycles. The van der Waals surface area contributed by atoms with Crippen LogP contribution in [0.1, 0.15) is 11.3 Å². The maximum absolute atomic E-state index is 13.9. The minimum Gasteiger partial charge on any atom is -0.339 e. The Kier molecular flexibility index (Phi) is 7.63. The number of nitrogens with one attached hydrogen (secondary N) is 1. The van der Waals surface area contributed by atoms with E-state index in [2.05, 4.69) is 4.72 Å². The first-order valence-corrected chi connectivity index (χ1v) is 11.6. The van der Waals surface area contributed by atoms with Crippen LogP contribution < -0.4 is 4.72 Å². The fourth-order valence-electron chi connectivity index (χ4n) is 2.36. The number of amides is 1. The van der Waals surface area contributed by atoms with Crippen molar-refractivity contribution in [3.05, 3.63) is 52.5 Å². The Morgan fingerprint density at radius 2 is 2.04 bits per heavy atom. The second-order valence-electron chi connectivity index (χ2n) is 5.66. The van der Waals surface area contributed by atoms with Gasteiger partial charge in [-0.1, -0.05) is 18.2 Å². The smallest absolute Gasteiger partial charge is 0.244 e. The van der Waals surface area contributed by atoms with E-state index in [9.17, 15) is 17.6 Å². The van der Waals surface area contributed by atoms with E-state index in [0.717, 1.165) is 10.9 Å². The summed E-state index contributed by atoms with van der Waals surface area (Å²) in [5.41, 5.74) is 0. The highest BCUT2D eigenvalue weighted by Crippen LogP contribution is 2.17. The first-order valence-electron chi connectivity index (χ1n) is 7.88. The fraction of sp³-hybridized carbons (Fsp3) is 0.353. The van der Waals surface area contributed by atoms with Crippen molar-refractivity contribution >= 4 is 39.0 Å². The number of halogens is 1. The van der Waals surface area contributed by atoms with Gasteiger partial charge in [0.1, 0.15) is 16.8 Å². The summed E-state index contributed by atoms with van der Waals surface area (Å²) in [4.78, 5) is 14.8. The molecule has 142 valence electrons. The number of hydrogen-bond donors (Lipinski definition) is 1. The minimum absolute atomic E-state index is 0.322. The van der Waals surface area contributed by atoms with Crippen molar-refractivity contribution < 1.29 is 17.6 Å². The lowest BCUT2D eigenvalue weighted by Gasteiger charge is -2.24. The quantitative estimate of drug-likeness (QED) is 0.683. The average Bonchev–Trinajstić information content (AvgIpc) is 3.11. The molecule has 1 aromatic carbocycles. The van der Waals surface area contributed by atoms with E-state index in [0.29, 0.717) is 18.7 Å². The monoisotopic (exact) mass is 416 g/mol. The summed E-state index contributed by atoms with van der Waals surface area (Å²) in [5, 5.41) is 1.92. The van der Waals surface area contributed by atoms with Crippen LogP contribution in [0.15, 0.2) is 46.7 Å². The molecular weight excluding hydrogens is 395 g/mol. The van der Waals surface area contributed by atoms with Gasteiger partial charge in [-0.3, -0.25) is 4.79 Å². The molecule has 0 radical (unpaired) electrons. The highest BCUT2D eigenvalue weighted by Gasteiger charge is 2.29. The van der Waals surface area contributed by atoms with E-state index in [-0.39, 0.29) is 5.91 Å². The Morgan fingerprint density at radius 3 is 2.65 bits per heavy atom. The Balaban J connectivity index is 2.18. The molecule has 1 aromatic heterocycles. The first kappa shape index (κ1) is 20.9. The van der Waals surface area contributed by atoms with Crippen molar-refractivity contribution in [1.29, 1.82) is 0 Å². The number of thiophene rings is 1. The number of thioether (sulfide) groups is 1. The molecule has 0 saturated carbocycles. The molecule has 0 aliphatic rings. The normalized spacial score (nSPS) is 12.7. The van der Waals surface area contributed by atoms with Gasteiger partial charge in [0.25, 0.3) is 0 Å². The van der Waals surface area contributed by atoms with Gasteiger partial charge in [0.2, 0.25) is 15.9 Å². The Labute approximate surface area is 161 Å². The molecule has 1 heterocycles. The molecule has 2 rings (SSSR count). The van der Waals surface area contributed by atoms with Crippen molar-refractivity contribution in [2.45, 2.75) is 23.9 Å². The average molecular weight is 417 g/mol. The van der Waals surface area contributed by atoms with Crippen LogP contribution in [-0.4, -0.2) is 44.3 Å². The van der Waals surface area contributed by atoms with Gasteiger partial charge in [-0.25, -0.2) is 12.8 Å². The summed E-state index contributed by atoms with van der Waals surface area (Å²) >= 11 is 3.04. The summed E-state index contributed by atoms with van der Waals surface area (Å²) in [7, 11) is -2.51. The molecule has 1 unspecified atom stereocenters. The number of benzene rings is 1. The molecule has 1 atom stereocenters. The second kappa shape index (κ2) is 9.50. The van der Waals surface area contributed by atoms with E-state index in [1.54, 1.807) is 7.05 Å². The topological polar surface area (TPSA) is 66.5 Å². The highest BCUT2D eigenvalue weighted by molar-refractivity contribution is 7.98. The molecule has 0 aliphatic carbocycles. The largest absolute Gasteiger partial charge is 0.339 e. The molecule has 5 nitrogen and oxygen atoms in total. The SMILES string of the molecule is CSCCC(NS(=O)(=O)c1ccccc1F)C(=O)N(C)Cc1cccs1. The maximum atomic E-state index is 13.9. The molecule has 0 bridgehead atoms. The van der Waals surface area contributed by atoms with Crippen LogP contribution in [0, 0.1) is 5.82 Å². The van der Waals surface area contributed by atoms with Gasteiger partial charge >= 0.3 is 0 Å². The van der Waals surface area contributed by atoms with E-state index >= 15 is 0 Å². The molecule has 2 aromatic rings. The number of hydrogen-bond acceptors (Lipinski definition) is 5. The maximum Gasteiger partial charge on any atom is 0.244 e. The Morgan fingerprint density at radius 1 is 1.31 bits per heavy atom. The number of nitrogens with zero attached hydrogens (tertiary/aromatic N) is 1. The van der Waals surface area contributed by atoms with E-state index in [1.807, 2.05) is 23.8 Å². The molecule has 26 heavy (non-hydrogen) atoms. The van der Waals surface area contributed by atoms with Gasteiger partial charge < -0.3 is 4.90 Å².